The molecular weight excluding hydrogens is 426 g/mol. The van der Waals surface area contributed by atoms with Crippen molar-refractivity contribution in [2.24, 2.45) is 0 Å². The highest BCUT2D eigenvalue weighted by atomic mass is 16.5. The number of nitrogens with zero attached hydrogens (tertiary/aromatic N) is 1. The molecule has 5 nitrogen and oxygen atoms in total. The number of likely N-dealkylation sites (tertiary alicyclic amines) is 1. The van der Waals surface area contributed by atoms with Crippen molar-refractivity contribution in [3.63, 3.8) is 0 Å². The van der Waals surface area contributed by atoms with E-state index in [-0.39, 0.29) is 0 Å². The van der Waals surface area contributed by atoms with Gasteiger partial charge in [-0.3, -0.25) is 4.90 Å². The van der Waals surface area contributed by atoms with E-state index in [1.165, 1.54) is 16.7 Å². The second-order valence-electron chi connectivity index (χ2n) is 10.1. The topological polar surface area (TPSA) is 51.2 Å². The Morgan fingerprint density at radius 2 is 1.76 bits per heavy atom. The first kappa shape index (κ1) is 26.5. The van der Waals surface area contributed by atoms with Gasteiger partial charge >= 0.3 is 0 Å². The van der Waals surface area contributed by atoms with E-state index in [0.717, 1.165) is 48.4 Å². The van der Waals surface area contributed by atoms with Crippen LogP contribution in [0.4, 0.5) is 0 Å². The molecule has 1 aliphatic rings. The summed E-state index contributed by atoms with van der Waals surface area (Å²) in [4.78, 5) is 2.57. The fourth-order valence-electron chi connectivity index (χ4n) is 5.12. The minimum Gasteiger partial charge on any atom is -0.496 e. The van der Waals surface area contributed by atoms with E-state index in [1.54, 1.807) is 14.2 Å². The van der Waals surface area contributed by atoms with Crippen molar-refractivity contribution >= 4 is 0 Å². The lowest BCUT2D eigenvalue weighted by Crippen LogP contribution is -2.39. The summed E-state index contributed by atoms with van der Waals surface area (Å²) in [6.07, 6.45) is 3.83. The predicted octanol–water partition coefficient (Wildman–Crippen LogP) is 5.69. The highest BCUT2D eigenvalue weighted by Gasteiger charge is 2.37. The van der Waals surface area contributed by atoms with E-state index in [2.05, 4.69) is 37.8 Å². The minimum atomic E-state index is -0.918. The van der Waals surface area contributed by atoms with Crippen LogP contribution in [0.25, 0.3) is 0 Å². The van der Waals surface area contributed by atoms with E-state index in [4.69, 9.17) is 14.2 Å². The first-order chi connectivity index (χ1) is 16.2. The van der Waals surface area contributed by atoms with Gasteiger partial charge in [0.15, 0.2) is 0 Å². The van der Waals surface area contributed by atoms with Gasteiger partial charge in [-0.1, -0.05) is 18.2 Å². The number of methoxy groups -OCH3 is 2. The summed E-state index contributed by atoms with van der Waals surface area (Å²) in [6.45, 7) is 12.9. The highest BCUT2D eigenvalue weighted by molar-refractivity contribution is 5.44. The fourth-order valence-corrected chi connectivity index (χ4v) is 5.12. The molecule has 3 unspecified atom stereocenters. The number of hydrogen-bond donors (Lipinski definition) is 1. The van der Waals surface area contributed by atoms with Gasteiger partial charge in [0.05, 0.1) is 19.3 Å². The largest absolute Gasteiger partial charge is 0.496 e. The Morgan fingerprint density at radius 1 is 1.00 bits per heavy atom. The Morgan fingerprint density at radius 3 is 2.47 bits per heavy atom. The molecule has 0 spiro atoms. The Labute approximate surface area is 206 Å². The SMILES string of the molecule is COCCCOc1ccc(CN2C(C)CCC2CC(C)(O)c2ccc(C)c(OC)c2)c(C)c1C. The van der Waals surface area contributed by atoms with E-state index in [1.807, 2.05) is 32.0 Å². The van der Waals surface area contributed by atoms with E-state index in [0.29, 0.717) is 31.7 Å². The molecule has 0 bridgehead atoms. The number of aliphatic hydroxyl groups is 1. The number of rotatable bonds is 11. The maximum absolute atomic E-state index is 11.5. The van der Waals surface area contributed by atoms with Gasteiger partial charge in [-0.05, 0) is 93.8 Å². The molecule has 2 aromatic carbocycles. The Balaban J connectivity index is 1.73. The van der Waals surface area contributed by atoms with Crippen molar-refractivity contribution in [1.29, 1.82) is 0 Å². The van der Waals surface area contributed by atoms with Crippen LogP contribution in [0.15, 0.2) is 30.3 Å². The van der Waals surface area contributed by atoms with Crippen LogP contribution in [-0.4, -0.2) is 49.5 Å². The van der Waals surface area contributed by atoms with Gasteiger partial charge in [0.2, 0.25) is 0 Å². The molecule has 0 aliphatic carbocycles. The zero-order valence-electron chi connectivity index (χ0n) is 22.1. The Kier molecular flexibility index (Phi) is 9.02. The number of aryl methyl sites for hydroxylation is 1. The zero-order valence-corrected chi connectivity index (χ0v) is 22.1. The van der Waals surface area contributed by atoms with Gasteiger partial charge < -0.3 is 19.3 Å². The van der Waals surface area contributed by atoms with Crippen LogP contribution in [0, 0.1) is 20.8 Å². The first-order valence-corrected chi connectivity index (χ1v) is 12.5. The second kappa shape index (κ2) is 11.6. The summed E-state index contributed by atoms with van der Waals surface area (Å²) >= 11 is 0. The summed E-state index contributed by atoms with van der Waals surface area (Å²) in [5.41, 5.74) is 4.90. The molecule has 0 aromatic heterocycles. The molecule has 1 fully saturated rings. The Hall–Kier alpha value is -2.08. The van der Waals surface area contributed by atoms with Gasteiger partial charge in [-0.25, -0.2) is 0 Å². The van der Waals surface area contributed by atoms with Crippen LogP contribution in [-0.2, 0) is 16.9 Å². The van der Waals surface area contributed by atoms with Crippen LogP contribution in [0.5, 0.6) is 11.5 Å². The van der Waals surface area contributed by atoms with E-state index in [9.17, 15) is 5.11 Å². The Bertz CT molecular complexity index is 955. The molecule has 1 heterocycles. The van der Waals surface area contributed by atoms with Crippen molar-refractivity contribution in [2.75, 3.05) is 27.4 Å². The molecule has 0 radical (unpaired) electrons. The lowest BCUT2D eigenvalue weighted by Gasteiger charge is -2.34. The van der Waals surface area contributed by atoms with Gasteiger partial charge in [0.25, 0.3) is 0 Å². The highest BCUT2D eigenvalue weighted by Crippen LogP contribution is 2.37. The second-order valence-corrected chi connectivity index (χ2v) is 10.1. The molecule has 0 amide bonds. The van der Waals surface area contributed by atoms with Crippen LogP contribution in [0.2, 0.25) is 0 Å². The number of benzene rings is 2. The third-order valence-electron chi connectivity index (χ3n) is 7.57. The maximum atomic E-state index is 11.5. The molecule has 3 rings (SSSR count). The number of ether oxygens (including phenoxy) is 3. The molecule has 34 heavy (non-hydrogen) atoms. The van der Waals surface area contributed by atoms with Gasteiger partial charge in [0.1, 0.15) is 11.5 Å². The van der Waals surface area contributed by atoms with E-state index < -0.39 is 5.60 Å². The molecular formula is C29H43NO4. The van der Waals surface area contributed by atoms with Gasteiger partial charge in [-0.15, -0.1) is 0 Å². The van der Waals surface area contributed by atoms with Crippen molar-refractivity contribution in [1.82, 2.24) is 4.90 Å². The summed E-state index contributed by atoms with van der Waals surface area (Å²) in [5.74, 6) is 1.78. The molecule has 1 saturated heterocycles. The lowest BCUT2D eigenvalue weighted by atomic mass is 9.87. The van der Waals surface area contributed by atoms with E-state index >= 15 is 0 Å². The third-order valence-corrected chi connectivity index (χ3v) is 7.57. The van der Waals surface area contributed by atoms with Crippen molar-refractivity contribution in [3.05, 3.63) is 58.1 Å². The predicted molar refractivity (Wildman–Crippen MR) is 138 cm³/mol. The van der Waals surface area contributed by atoms with Crippen LogP contribution in [0.1, 0.15) is 67.3 Å². The fraction of sp³-hybridized carbons (Fsp3) is 0.586. The summed E-state index contributed by atoms with van der Waals surface area (Å²) in [6, 6.07) is 11.2. The molecule has 5 heteroatoms. The van der Waals surface area contributed by atoms with Crippen LogP contribution < -0.4 is 9.47 Å². The molecule has 3 atom stereocenters. The van der Waals surface area contributed by atoms with Crippen molar-refractivity contribution in [2.45, 2.75) is 84.5 Å². The molecule has 0 saturated carbocycles. The molecule has 1 aliphatic heterocycles. The van der Waals surface area contributed by atoms with Gasteiger partial charge in [-0.2, -0.15) is 0 Å². The molecule has 2 aromatic rings. The summed E-state index contributed by atoms with van der Waals surface area (Å²) < 4.78 is 16.6. The van der Waals surface area contributed by atoms with Crippen molar-refractivity contribution < 1.29 is 19.3 Å². The van der Waals surface area contributed by atoms with Crippen LogP contribution >= 0.6 is 0 Å². The summed E-state index contributed by atoms with van der Waals surface area (Å²) in [7, 11) is 3.40. The monoisotopic (exact) mass is 469 g/mol. The maximum Gasteiger partial charge on any atom is 0.122 e. The number of hydrogen-bond acceptors (Lipinski definition) is 5. The third kappa shape index (κ3) is 6.12. The van der Waals surface area contributed by atoms with Gasteiger partial charge in [0, 0.05) is 38.8 Å². The van der Waals surface area contributed by atoms with Crippen LogP contribution in [0.3, 0.4) is 0 Å². The van der Waals surface area contributed by atoms with Crippen molar-refractivity contribution in [3.8, 4) is 11.5 Å². The normalized spacial score (nSPS) is 20.4. The lowest BCUT2D eigenvalue weighted by molar-refractivity contribution is 0.0160. The average molecular weight is 470 g/mol. The standard InChI is InChI=1S/C29H43NO4/c1-20-9-12-25(17-28(20)33-7)29(5,31)18-26-13-10-21(2)30(26)19-24-11-14-27(23(4)22(24)3)34-16-8-15-32-6/h9,11-12,14,17,21,26,31H,8,10,13,15-16,18-19H2,1-7H3. The quantitative estimate of drug-likeness (QED) is 0.429. The minimum absolute atomic E-state index is 0.321. The molecule has 1 N–H and O–H groups in total. The smallest absolute Gasteiger partial charge is 0.122 e. The molecule has 188 valence electrons. The average Bonchev–Trinajstić information content (AvgIpc) is 3.14. The first-order valence-electron chi connectivity index (χ1n) is 12.5. The summed E-state index contributed by atoms with van der Waals surface area (Å²) in [5, 5.41) is 11.5. The zero-order chi connectivity index (χ0) is 24.9.